The Morgan fingerprint density at radius 2 is 2.38 bits per heavy atom. The van der Waals surface area contributed by atoms with Crippen molar-refractivity contribution in [2.75, 3.05) is 6.54 Å². The Bertz CT molecular complexity index is 674. The normalized spacial score (nSPS) is 11.1. The number of hydrogen-bond donors (Lipinski definition) is 1. The maximum Gasteiger partial charge on any atom is 0.248 e. The molecule has 3 aromatic heterocycles. The average Bonchev–Trinajstić information content (AvgIpc) is 3.20. The summed E-state index contributed by atoms with van der Waals surface area (Å²) in [5, 5.41) is 17.4. The van der Waals surface area contributed by atoms with Crippen LogP contribution in [0.1, 0.15) is 24.9 Å². The molecule has 0 spiro atoms. The molecule has 7 nitrogen and oxygen atoms in total. The van der Waals surface area contributed by atoms with Crippen molar-refractivity contribution in [1.29, 1.82) is 0 Å². The lowest BCUT2D eigenvalue weighted by atomic mass is 10.4. The lowest BCUT2D eigenvalue weighted by molar-refractivity contribution is 0.364. The molecule has 0 radical (unpaired) electrons. The number of aromatic nitrogens is 5. The van der Waals surface area contributed by atoms with E-state index in [9.17, 15) is 0 Å². The molecule has 3 rings (SSSR count). The molecule has 0 aromatic carbocycles. The summed E-state index contributed by atoms with van der Waals surface area (Å²) in [4.78, 5) is 5.35. The van der Waals surface area contributed by atoms with Crippen molar-refractivity contribution >= 4 is 11.3 Å². The first-order chi connectivity index (χ1) is 10.3. The van der Waals surface area contributed by atoms with Gasteiger partial charge in [-0.2, -0.15) is 4.98 Å². The van der Waals surface area contributed by atoms with Crippen molar-refractivity contribution in [3.63, 3.8) is 0 Å². The van der Waals surface area contributed by atoms with E-state index in [-0.39, 0.29) is 0 Å². The zero-order valence-electron chi connectivity index (χ0n) is 11.7. The molecule has 21 heavy (non-hydrogen) atoms. The quantitative estimate of drug-likeness (QED) is 0.672. The molecule has 8 heteroatoms. The van der Waals surface area contributed by atoms with Crippen LogP contribution in [0.3, 0.4) is 0 Å². The van der Waals surface area contributed by atoms with Gasteiger partial charge in [0.1, 0.15) is 6.54 Å². The fourth-order valence-corrected chi connectivity index (χ4v) is 2.50. The minimum Gasteiger partial charge on any atom is -0.337 e. The smallest absolute Gasteiger partial charge is 0.248 e. The van der Waals surface area contributed by atoms with Gasteiger partial charge in [-0.15, -0.1) is 16.4 Å². The Kier molecular flexibility index (Phi) is 4.37. The first-order valence-corrected chi connectivity index (χ1v) is 7.69. The summed E-state index contributed by atoms with van der Waals surface area (Å²) < 4.78 is 6.94. The zero-order chi connectivity index (χ0) is 14.5. The van der Waals surface area contributed by atoms with E-state index in [1.807, 2.05) is 23.7 Å². The summed E-state index contributed by atoms with van der Waals surface area (Å²) in [5.74, 6) is 1.14. The summed E-state index contributed by atoms with van der Waals surface area (Å²) >= 11 is 1.58. The molecule has 0 aliphatic rings. The van der Waals surface area contributed by atoms with Crippen molar-refractivity contribution < 1.29 is 4.52 Å². The summed E-state index contributed by atoms with van der Waals surface area (Å²) in [6, 6.07) is 3.93. The van der Waals surface area contributed by atoms with E-state index in [2.05, 4.69) is 32.7 Å². The van der Waals surface area contributed by atoms with Crippen molar-refractivity contribution in [3.8, 4) is 10.7 Å². The Morgan fingerprint density at radius 3 is 3.19 bits per heavy atom. The van der Waals surface area contributed by atoms with Gasteiger partial charge in [-0.05, 0) is 24.4 Å². The van der Waals surface area contributed by atoms with Gasteiger partial charge < -0.3 is 9.84 Å². The minimum absolute atomic E-state index is 0.430. The molecule has 110 valence electrons. The fraction of sp³-hybridized carbons (Fsp3) is 0.385. The summed E-state index contributed by atoms with van der Waals surface area (Å²) in [5.41, 5.74) is 0.904. The van der Waals surface area contributed by atoms with Crippen LogP contribution in [-0.2, 0) is 13.1 Å². The molecule has 0 saturated carbocycles. The fourth-order valence-electron chi connectivity index (χ4n) is 1.85. The Hall–Kier alpha value is -2.06. The molecule has 0 atom stereocenters. The van der Waals surface area contributed by atoms with Gasteiger partial charge in [-0.3, -0.25) is 0 Å². The van der Waals surface area contributed by atoms with Gasteiger partial charge in [0.15, 0.2) is 0 Å². The van der Waals surface area contributed by atoms with Gasteiger partial charge in [-0.25, -0.2) is 4.68 Å². The average molecular weight is 304 g/mol. The predicted octanol–water partition coefficient (Wildman–Crippen LogP) is 1.94. The highest BCUT2D eigenvalue weighted by Crippen LogP contribution is 2.21. The SMILES string of the molecule is CCCNCc1cn(Cc2nc(-c3cccs3)no2)nn1. The van der Waals surface area contributed by atoms with E-state index in [0.29, 0.717) is 18.3 Å². The highest BCUT2D eigenvalue weighted by molar-refractivity contribution is 7.13. The van der Waals surface area contributed by atoms with Gasteiger partial charge >= 0.3 is 0 Å². The van der Waals surface area contributed by atoms with Crippen LogP contribution in [-0.4, -0.2) is 31.7 Å². The lowest BCUT2D eigenvalue weighted by Crippen LogP contribution is -2.13. The van der Waals surface area contributed by atoms with Crippen LogP contribution in [0.5, 0.6) is 0 Å². The first-order valence-electron chi connectivity index (χ1n) is 6.81. The first kappa shape index (κ1) is 13.9. The molecule has 0 saturated heterocycles. The number of nitrogens with zero attached hydrogens (tertiary/aromatic N) is 5. The molecular formula is C13H16N6OS. The lowest BCUT2D eigenvalue weighted by Gasteiger charge is -1.97. The standard InChI is InChI=1S/C13H16N6OS/c1-2-5-14-7-10-8-19(18-16-10)9-12-15-13(17-20-12)11-4-3-6-21-11/h3-4,6,8,14H,2,5,7,9H2,1H3. The van der Waals surface area contributed by atoms with Crippen molar-refractivity contribution in [3.05, 3.63) is 35.3 Å². The van der Waals surface area contributed by atoms with E-state index < -0.39 is 0 Å². The van der Waals surface area contributed by atoms with Gasteiger partial charge in [0.25, 0.3) is 0 Å². The van der Waals surface area contributed by atoms with Crippen molar-refractivity contribution in [2.45, 2.75) is 26.4 Å². The molecule has 0 amide bonds. The minimum atomic E-state index is 0.430. The molecule has 3 heterocycles. The van der Waals surface area contributed by atoms with Crippen LogP contribution in [0.2, 0.25) is 0 Å². The highest BCUT2D eigenvalue weighted by Gasteiger charge is 2.10. The van der Waals surface area contributed by atoms with E-state index >= 15 is 0 Å². The second kappa shape index (κ2) is 6.59. The second-order valence-corrected chi connectivity index (χ2v) is 5.52. The predicted molar refractivity (Wildman–Crippen MR) is 78.7 cm³/mol. The molecule has 0 bridgehead atoms. The second-order valence-electron chi connectivity index (χ2n) is 4.57. The molecule has 1 N–H and O–H groups in total. The highest BCUT2D eigenvalue weighted by atomic mass is 32.1. The Balaban J connectivity index is 1.61. The van der Waals surface area contributed by atoms with Crippen LogP contribution in [0.15, 0.2) is 28.2 Å². The van der Waals surface area contributed by atoms with E-state index in [0.717, 1.165) is 30.1 Å². The number of thiophene rings is 1. The number of hydrogen-bond acceptors (Lipinski definition) is 7. The molecule has 0 unspecified atom stereocenters. The largest absolute Gasteiger partial charge is 0.337 e. The monoisotopic (exact) mass is 304 g/mol. The van der Waals surface area contributed by atoms with Gasteiger partial charge in [0, 0.05) is 6.54 Å². The molecular weight excluding hydrogens is 288 g/mol. The Labute approximate surface area is 126 Å². The van der Waals surface area contributed by atoms with Gasteiger partial charge in [0.2, 0.25) is 11.7 Å². The zero-order valence-corrected chi connectivity index (χ0v) is 12.5. The Morgan fingerprint density at radius 1 is 1.43 bits per heavy atom. The summed E-state index contributed by atoms with van der Waals surface area (Å²) in [7, 11) is 0. The van der Waals surface area contributed by atoms with Crippen LogP contribution < -0.4 is 5.32 Å². The van der Waals surface area contributed by atoms with Gasteiger partial charge in [0.05, 0.1) is 16.8 Å². The van der Waals surface area contributed by atoms with Crippen LogP contribution in [0, 0.1) is 0 Å². The molecule has 0 aliphatic carbocycles. The molecule has 0 fully saturated rings. The van der Waals surface area contributed by atoms with Crippen LogP contribution in [0.4, 0.5) is 0 Å². The van der Waals surface area contributed by atoms with E-state index in [4.69, 9.17) is 4.52 Å². The van der Waals surface area contributed by atoms with Crippen molar-refractivity contribution in [2.24, 2.45) is 0 Å². The van der Waals surface area contributed by atoms with Crippen LogP contribution >= 0.6 is 11.3 Å². The topological polar surface area (TPSA) is 81.7 Å². The number of nitrogens with one attached hydrogen (secondary N) is 1. The van der Waals surface area contributed by atoms with Crippen molar-refractivity contribution in [1.82, 2.24) is 30.5 Å². The third-order valence-electron chi connectivity index (χ3n) is 2.83. The summed E-state index contributed by atoms with van der Waals surface area (Å²) in [6.45, 7) is 4.25. The third kappa shape index (κ3) is 3.53. The van der Waals surface area contributed by atoms with Gasteiger partial charge in [-0.1, -0.05) is 23.4 Å². The third-order valence-corrected chi connectivity index (χ3v) is 3.69. The molecule has 0 aliphatic heterocycles. The van der Waals surface area contributed by atoms with Crippen LogP contribution in [0.25, 0.3) is 10.7 Å². The summed E-state index contributed by atoms with van der Waals surface area (Å²) in [6.07, 6.45) is 2.99. The maximum atomic E-state index is 5.24. The van der Waals surface area contributed by atoms with E-state index in [1.54, 1.807) is 16.0 Å². The number of rotatable bonds is 7. The van der Waals surface area contributed by atoms with E-state index in [1.165, 1.54) is 0 Å². The maximum absolute atomic E-state index is 5.24. The molecule has 3 aromatic rings.